The first-order valence-electron chi connectivity index (χ1n) is 5.93. The van der Waals surface area contributed by atoms with E-state index in [0.717, 1.165) is 41.9 Å². The van der Waals surface area contributed by atoms with Crippen LogP contribution in [0.25, 0.3) is 0 Å². The molecule has 0 saturated carbocycles. The highest BCUT2D eigenvalue weighted by Gasteiger charge is 1.99. The van der Waals surface area contributed by atoms with Crippen molar-refractivity contribution in [1.82, 2.24) is 4.90 Å². The fraction of sp³-hybridized carbons (Fsp3) is 0.538. The number of nitrogens with zero attached hydrogens (tertiary/aromatic N) is 1. The molecule has 0 bridgehead atoms. The van der Waals surface area contributed by atoms with E-state index in [4.69, 9.17) is 9.47 Å². The molecule has 0 heterocycles. The Morgan fingerprint density at radius 2 is 1.72 bits per heavy atom. The van der Waals surface area contributed by atoms with Crippen molar-refractivity contribution in [3.63, 3.8) is 0 Å². The Bertz CT molecular complexity index is 319. The summed E-state index contributed by atoms with van der Waals surface area (Å²) in [5.74, 6) is 0.905. The molecule has 102 valence electrons. The van der Waals surface area contributed by atoms with Crippen LogP contribution in [-0.2, 0) is 4.74 Å². The number of likely N-dealkylation sites (N-methyl/N-ethyl adjacent to an activating group) is 1. The number of halogens is 2. The monoisotopic (exact) mass is 379 g/mol. The van der Waals surface area contributed by atoms with Crippen LogP contribution in [0.4, 0.5) is 0 Å². The van der Waals surface area contributed by atoms with Gasteiger partial charge in [0, 0.05) is 22.9 Å². The Morgan fingerprint density at radius 1 is 1.06 bits per heavy atom. The van der Waals surface area contributed by atoms with E-state index >= 15 is 0 Å². The standard InChI is InChI=1S/C13H19Br2NO2/c1-16(7-10-17-9-6-14)8-11-18-13-4-2-12(15)3-5-13/h2-5H,6-11H2,1H3. The normalized spacial score (nSPS) is 10.9. The third-order valence-corrected chi connectivity index (χ3v) is 3.25. The topological polar surface area (TPSA) is 21.7 Å². The molecule has 0 unspecified atom stereocenters. The average molecular weight is 381 g/mol. The molecule has 1 rings (SSSR count). The van der Waals surface area contributed by atoms with Gasteiger partial charge in [0.2, 0.25) is 0 Å². The van der Waals surface area contributed by atoms with Crippen LogP contribution in [0.5, 0.6) is 5.75 Å². The van der Waals surface area contributed by atoms with Gasteiger partial charge >= 0.3 is 0 Å². The number of hydrogen-bond donors (Lipinski definition) is 0. The van der Waals surface area contributed by atoms with Crippen molar-refractivity contribution in [2.24, 2.45) is 0 Å². The largest absolute Gasteiger partial charge is 0.492 e. The van der Waals surface area contributed by atoms with E-state index in [1.165, 1.54) is 0 Å². The number of rotatable bonds is 9. The van der Waals surface area contributed by atoms with E-state index in [1.807, 2.05) is 24.3 Å². The smallest absolute Gasteiger partial charge is 0.119 e. The minimum absolute atomic E-state index is 0.691. The second-order valence-electron chi connectivity index (χ2n) is 3.91. The van der Waals surface area contributed by atoms with E-state index in [0.29, 0.717) is 6.61 Å². The molecule has 0 aliphatic heterocycles. The highest BCUT2D eigenvalue weighted by Crippen LogP contribution is 2.15. The van der Waals surface area contributed by atoms with Crippen LogP contribution in [0.3, 0.4) is 0 Å². The molecular formula is C13H19Br2NO2. The van der Waals surface area contributed by atoms with Gasteiger partial charge in [0.25, 0.3) is 0 Å². The summed E-state index contributed by atoms with van der Waals surface area (Å²) >= 11 is 6.72. The summed E-state index contributed by atoms with van der Waals surface area (Å²) < 4.78 is 12.1. The summed E-state index contributed by atoms with van der Waals surface area (Å²) in [4.78, 5) is 2.20. The molecular weight excluding hydrogens is 362 g/mol. The molecule has 1 aromatic carbocycles. The SMILES string of the molecule is CN(CCOCCBr)CCOc1ccc(Br)cc1. The van der Waals surface area contributed by atoms with Crippen LogP contribution >= 0.6 is 31.9 Å². The van der Waals surface area contributed by atoms with Gasteiger partial charge in [-0.3, -0.25) is 0 Å². The summed E-state index contributed by atoms with van der Waals surface area (Å²) in [7, 11) is 2.07. The lowest BCUT2D eigenvalue weighted by Gasteiger charge is -2.16. The number of hydrogen-bond acceptors (Lipinski definition) is 3. The third kappa shape index (κ3) is 7.36. The van der Waals surface area contributed by atoms with Crippen molar-refractivity contribution in [3.8, 4) is 5.75 Å². The van der Waals surface area contributed by atoms with E-state index in [-0.39, 0.29) is 0 Å². The van der Waals surface area contributed by atoms with Gasteiger partial charge in [-0.05, 0) is 31.3 Å². The maximum Gasteiger partial charge on any atom is 0.119 e. The summed E-state index contributed by atoms with van der Waals surface area (Å²) in [6, 6.07) is 7.88. The molecule has 0 radical (unpaired) electrons. The lowest BCUT2D eigenvalue weighted by atomic mass is 10.3. The first kappa shape index (κ1) is 16.0. The minimum atomic E-state index is 0.691. The van der Waals surface area contributed by atoms with Crippen LogP contribution < -0.4 is 4.74 Å². The second-order valence-corrected chi connectivity index (χ2v) is 5.62. The molecule has 0 saturated heterocycles. The van der Waals surface area contributed by atoms with Gasteiger partial charge in [-0.1, -0.05) is 31.9 Å². The van der Waals surface area contributed by atoms with Crippen molar-refractivity contribution in [2.45, 2.75) is 0 Å². The van der Waals surface area contributed by atoms with Crippen LogP contribution in [0.2, 0.25) is 0 Å². The zero-order valence-electron chi connectivity index (χ0n) is 10.6. The van der Waals surface area contributed by atoms with Crippen LogP contribution in [0, 0.1) is 0 Å². The van der Waals surface area contributed by atoms with Gasteiger partial charge in [-0.2, -0.15) is 0 Å². The van der Waals surface area contributed by atoms with Gasteiger partial charge in [0.1, 0.15) is 12.4 Å². The van der Waals surface area contributed by atoms with Crippen molar-refractivity contribution in [2.75, 3.05) is 45.3 Å². The zero-order chi connectivity index (χ0) is 13.2. The highest BCUT2D eigenvalue weighted by atomic mass is 79.9. The quantitative estimate of drug-likeness (QED) is 0.485. The molecule has 18 heavy (non-hydrogen) atoms. The first-order chi connectivity index (χ1) is 8.72. The molecule has 0 fully saturated rings. The van der Waals surface area contributed by atoms with Gasteiger partial charge in [-0.25, -0.2) is 0 Å². The summed E-state index contributed by atoms with van der Waals surface area (Å²) in [6.45, 7) is 4.05. The van der Waals surface area contributed by atoms with Gasteiger partial charge in [0.15, 0.2) is 0 Å². The Labute approximate surface area is 126 Å². The third-order valence-electron chi connectivity index (χ3n) is 2.39. The Hall–Kier alpha value is -0.100. The predicted molar refractivity (Wildman–Crippen MR) is 81.7 cm³/mol. The maximum absolute atomic E-state index is 5.65. The Kier molecular flexibility index (Phi) is 8.67. The first-order valence-corrected chi connectivity index (χ1v) is 7.84. The van der Waals surface area contributed by atoms with Crippen LogP contribution in [0.15, 0.2) is 28.7 Å². The molecule has 3 nitrogen and oxygen atoms in total. The molecule has 5 heteroatoms. The van der Waals surface area contributed by atoms with E-state index in [2.05, 4.69) is 43.8 Å². The van der Waals surface area contributed by atoms with E-state index in [1.54, 1.807) is 0 Å². The lowest BCUT2D eigenvalue weighted by molar-refractivity contribution is 0.119. The van der Waals surface area contributed by atoms with Gasteiger partial charge in [0.05, 0.1) is 13.2 Å². The molecule has 0 aliphatic rings. The number of ether oxygens (including phenoxy) is 2. The highest BCUT2D eigenvalue weighted by molar-refractivity contribution is 9.10. The molecule has 1 aromatic rings. The zero-order valence-corrected chi connectivity index (χ0v) is 13.7. The fourth-order valence-electron chi connectivity index (χ4n) is 1.34. The maximum atomic E-state index is 5.65. The van der Waals surface area contributed by atoms with E-state index < -0.39 is 0 Å². The summed E-state index contributed by atoms with van der Waals surface area (Å²) in [6.07, 6.45) is 0. The van der Waals surface area contributed by atoms with Crippen molar-refractivity contribution < 1.29 is 9.47 Å². The number of alkyl halides is 1. The van der Waals surface area contributed by atoms with Crippen molar-refractivity contribution >= 4 is 31.9 Å². The fourth-order valence-corrected chi connectivity index (χ4v) is 1.83. The Balaban J connectivity index is 2.07. The molecule has 0 N–H and O–H groups in total. The van der Waals surface area contributed by atoms with Crippen LogP contribution in [-0.4, -0.2) is 50.2 Å². The van der Waals surface area contributed by atoms with Crippen LogP contribution in [0.1, 0.15) is 0 Å². The minimum Gasteiger partial charge on any atom is -0.492 e. The molecule has 0 amide bonds. The van der Waals surface area contributed by atoms with Gasteiger partial charge < -0.3 is 14.4 Å². The molecule has 0 spiro atoms. The summed E-state index contributed by atoms with van der Waals surface area (Å²) in [5.41, 5.74) is 0. The Morgan fingerprint density at radius 3 is 2.39 bits per heavy atom. The van der Waals surface area contributed by atoms with E-state index in [9.17, 15) is 0 Å². The van der Waals surface area contributed by atoms with Crippen molar-refractivity contribution in [1.29, 1.82) is 0 Å². The summed E-state index contributed by atoms with van der Waals surface area (Å²) in [5, 5.41) is 0.892. The number of benzene rings is 1. The molecule has 0 atom stereocenters. The van der Waals surface area contributed by atoms with Gasteiger partial charge in [-0.15, -0.1) is 0 Å². The molecule has 0 aliphatic carbocycles. The van der Waals surface area contributed by atoms with Crippen molar-refractivity contribution in [3.05, 3.63) is 28.7 Å². The predicted octanol–water partition coefficient (Wildman–Crippen LogP) is 3.17. The second kappa shape index (κ2) is 9.78. The average Bonchev–Trinajstić information content (AvgIpc) is 2.37. The lowest BCUT2D eigenvalue weighted by Crippen LogP contribution is -2.28. The molecule has 0 aromatic heterocycles.